The van der Waals surface area contributed by atoms with Crippen molar-refractivity contribution in [3.05, 3.63) is 33.4 Å². The molecule has 0 amide bonds. The highest BCUT2D eigenvalue weighted by Gasteiger charge is 2.26. The van der Waals surface area contributed by atoms with E-state index >= 15 is 0 Å². The van der Waals surface area contributed by atoms with Crippen LogP contribution in [0.15, 0.2) is 0 Å². The normalized spacial score (nSPS) is 16.7. The Morgan fingerprint density at radius 1 is 0.815 bits per heavy atom. The van der Waals surface area contributed by atoms with Crippen molar-refractivity contribution in [2.45, 2.75) is 131 Å². The van der Waals surface area contributed by atoms with Gasteiger partial charge in [-0.3, -0.25) is 0 Å². The molecule has 0 nitrogen and oxygen atoms in total. The van der Waals surface area contributed by atoms with Crippen LogP contribution in [0.1, 0.15) is 131 Å². The van der Waals surface area contributed by atoms with Crippen molar-refractivity contribution < 1.29 is 0 Å². The molecule has 1 aromatic rings. The molecule has 1 fully saturated rings. The van der Waals surface area contributed by atoms with E-state index < -0.39 is 0 Å². The average molecular weight is 371 g/mol. The highest BCUT2D eigenvalue weighted by Crippen LogP contribution is 2.41. The predicted octanol–water partition coefficient (Wildman–Crippen LogP) is 8.62. The second kappa shape index (κ2) is 11.3. The van der Waals surface area contributed by atoms with Gasteiger partial charge in [-0.2, -0.15) is 0 Å². The fraction of sp³-hybridized carbons (Fsp3) is 0.778. The summed E-state index contributed by atoms with van der Waals surface area (Å²) in [6.07, 6.45) is 17.8. The Labute approximate surface area is 170 Å². The lowest BCUT2D eigenvalue weighted by atomic mass is 9.73. The molecule has 1 atom stereocenters. The van der Waals surface area contributed by atoms with Crippen LogP contribution in [0.25, 0.3) is 0 Å². The maximum Gasteiger partial charge on any atom is -0.0156 e. The molecular weight excluding hydrogens is 324 g/mol. The third-order valence-electron chi connectivity index (χ3n) is 7.38. The molecule has 1 unspecified atom stereocenters. The van der Waals surface area contributed by atoms with Gasteiger partial charge in [-0.05, 0) is 91.2 Å². The predicted molar refractivity (Wildman–Crippen MR) is 122 cm³/mol. The van der Waals surface area contributed by atoms with Gasteiger partial charge in [0.15, 0.2) is 0 Å². The minimum Gasteiger partial charge on any atom is -0.0654 e. The SMILES string of the molecule is CCCCC(CC)Cc1c(CCC)c(CC)c(C)c(C)c1C1CCCCC1. The number of unbranched alkanes of at least 4 members (excludes halogenated alkanes) is 1. The lowest BCUT2D eigenvalue weighted by Gasteiger charge is -2.32. The van der Waals surface area contributed by atoms with Gasteiger partial charge in [0, 0.05) is 0 Å². The Morgan fingerprint density at radius 3 is 2.07 bits per heavy atom. The van der Waals surface area contributed by atoms with Crippen molar-refractivity contribution >= 4 is 0 Å². The smallest absolute Gasteiger partial charge is 0.0156 e. The molecule has 0 aromatic heterocycles. The van der Waals surface area contributed by atoms with Gasteiger partial charge in [-0.25, -0.2) is 0 Å². The standard InChI is InChI=1S/C27H46/c1-7-11-16-22(9-3)19-26-25(15-8-2)24(10-4)20(5)21(6)27(26)23-17-13-12-14-18-23/h22-23H,7-19H2,1-6H3. The van der Waals surface area contributed by atoms with Crippen molar-refractivity contribution in [1.82, 2.24) is 0 Å². The molecule has 1 aliphatic rings. The van der Waals surface area contributed by atoms with E-state index in [0.717, 1.165) is 11.8 Å². The van der Waals surface area contributed by atoms with Gasteiger partial charge >= 0.3 is 0 Å². The number of benzene rings is 1. The van der Waals surface area contributed by atoms with Crippen LogP contribution < -0.4 is 0 Å². The molecule has 0 radical (unpaired) electrons. The monoisotopic (exact) mass is 370 g/mol. The van der Waals surface area contributed by atoms with Crippen LogP contribution in [0, 0.1) is 19.8 Å². The van der Waals surface area contributed by atoms with Crippen LogP contribution in [-0.2, 0) is 19.3 Å². The second-order valence-corrected chi connectivity index (χ2v) is 9.16. The summed E-state index contributed by atoms with van der Waals surface area (Å²) in [6.45, 7) is 14.4. The quantitative estimate of drug-likeness (QED) is 0.386. The van der Waals surface area contributed by atoms with Crippen molar-refractivity contribution in [3.63, 3.8) is 0 Å². The average Bonchev–Trinajstić information content (AvgIpc) is 2.69. The van der Waals surface area contributed by atoms with Crippen molar-refractivity contribution in [2.75, 3.05) is 0 Å². The molecule has 0 heteroatoms. The summed E-state index contributed by atoms with van der Waals surface area (Å²) >= 11 is 0. The summed E-state index contributed by atoms with van der Waals surface area (Å²) in [5, 5.41) is 0. The lowest BCUT2D eigenvalue weighted by molar-refractivity contribution is 0.424. The summed E-state index contributed by atoms with van der Waals surface area (Å²) in [6, 6.07) is 0. The number of hydrogen-bond acceptors (Lipinski definition) is 0. The van der Waals surface area contributed by atoms with E-state index in [4.69, 9.17) is 0 Å². The number of hydrogen-bond donors (Lipinski definition) is 0. The van der Waals surface area contributed by atoms with Crippen LogP contribution >= 0.6 is 0 Å². The second-order valence-electron chi connectivity index (χ2n) is 9.16. The summed E-state index contributed by atoms with van der Waals surface area (Å²) in [7, 11) is 0. The minimum absolute atomic E-state index is 0.831. The van der Waals surface area contributed by atoms with Crippen LogP contribution in [0.3, 0.4) is 0 Å². The molecule has 2 rings (SSSR count). The summed E-state index contributed by atoms with van der Waals surface area (Å²) in [5.74, 6) is 1.70. The lowest BCUT2D eigenvalue weighted by Crippen LogP contribution is -2.18. The third-order valence-corrected chi connectivity index (χ3v) is 7.38. The van der Waals surface area contributed by atoms with Crippen molar-refractivity contribution in [1.29, 1.82) is 0 Å². The molecule has 154 valence electrons. The zero-order valence-corrected chi connectivity index (χ0v) is 19.3. The van der Waals surface area contributed by atoms with E-state index in [9.17, 15) is 0 Å². The molecule has 0 heterocycles. The van der Waals surface area contributed by atoms with E-state index in [-0.39, 0.29) is 0 Å². The number of rotatable bonds is 10. The van der Waals surface area contributed by atoms with Crippen molar-refractivity contribution in [3.8, 4) is 0 Å². The Morgan fingerprint density at radius 2 is 1.52 bits per heavy atom. The largest absolute Gasteiger partial charge is 0.0654 e. The van der Waals surface area contributed by atoms with Gasteiger partial charge in [-0.1, -0.05) is 79.1 Å². The van der Waals surface area contributed by atoms with E-state index in [1.165, 1.54) is 83.5 Å². The van der Waals surface area contributed by atoms with Gasteiger partial charge in [0.25, 0.3) is 0 Å². The van der Waals surface area contributed by atoms with Crippen LogP contribution in [0.2, 0.25) is 0 Å². The van der Waals surface area contributed by atoms with Crippen LogP contribution in [0.5, 0.6) is 0 Å². The topological polar surface area (TPSA) is 0 Å². The van der Waals surface area contributed by atoms with Gasteiger partial charge < -0.3 is 0 Å². The Balaban J connectivity index is 2.57. The van der Waals surface area contributed by atoms with Crippen LogP contribution in [-0.4, -0.2) is 0 Å². The first kappa shape index (κ1) is 22.5. The molecule has 0 bridgehead atoms. The van der Waals surface area contributed by atoms with Crippen molar-refractivity contribution in [2.24, 2.45) is 5.92 Å². The summed E-state index contributed by atoms with van der Waals surface area (Å²) < 4.78 is 0. The van der Waals surface area contributed by atoms with E-state index in [1.54, 1.807) is 22.3 Å². The molecule has 0 N–H and O–H groups in total. The summed E-state index contributed by atoms with van der Waals surface area (Å²) in [4.78, 5) is 0. The highest BCUT2D eigenvalue weighted by atomic mass is 14.3. The molecule has 0 saturated heterocycles. The van der Waals surface area contributed by atoms with Gasteiger partial charge in [0.1, 0.15) is 0 Å². The Kier molecular flexibility index (Phi) is 9.40. The van der Waals surface area contributed by atoms with Gasteiger partial charge in [-0.15, -0.1) is 0 Å². The molecule has 0 aliphatic heterocycles. The van der Waals surface area contributed by atoms with Gasteiger partial charge in [0.05, 0.1) is 0 Å². The van der Waals surface area contributed by atoms with E-state index in [2.05, 4.69) is 41.5 Å². The molecule has 1 saturated carbocycles. The first-order valence-electron chi connectivity index (χ1n) is 12.2. The summed E-state index contributed by atoms with van der Waals surface area (Å²) in [5.41, 5.74) is 10.3. The maximum absolute atomic E-state index is 2.45. The van der Waals surface area contributed by atoms with Crippen LogP contribution in [0.4, 0.5) is 0 Å². The Hall–Kier alpha value is -0.780. The first-order chi connectivity index (χ1) is 13.1. The zero-order chi connectivity index (χ0) is 19.8. The fourth-order valence-corrected chi connectivity index (χ4v) is 5.67. The molecule has 27 heavy (non-hydrogen) atoms. The molecule has 0 spiro atoms. The molecule has 1 aliphatic carbocycles. The Bertz CT molecular complexity index is 574. The zero-order valence-electron chi connectivity index (χ0n) is 19.3. The third kappa shape index (κ3) is 5.39. The van der Waals surface area contributed by atoms with E-state index in [0.29, 0.717) is 0 Å². The van der Waals surface area contributed by atoms with E-state index in [1.807, 2.05) is 11.1 Å². The highest BCUT2D eigenvalue weighted by molar-refractivity contribution is 5.53. The molecule has 1 aromatic carbocycles. The van der Waals surface area contributed by atoms with Gasteiger partial charge in [0.2, 0.25) is 0 Å². The molecular formula is C27H46. The maximum atomic E-state index is 2.45. The fourth-order valence-electron chi connectivity index (χ4n) is 5.67. The minimum atomic E-state index is 0.831. The first-order valence-corrected chi connectivity index (χ1v) is 12.2.